The molecule has 2 unspecified atom stereocenters. The lowest BCUT2D eigenvalue weighted by molar-refractivity contribution is -0.142. The van der Waals surface area contributed by atoms with Crippen molar-refractivity contribution in [1.82, 2.24) is 20.0 Å². The average Bonchev–Trinajstić information content (AvgIpc) is 2.82. The fourth-order valence-corrected chi connectivity index (χ4v) is 4.31. The molecule has 2 amide bonds. The van der Waals surface area contributed by atoms with Gasteiger partial charge in [0.05, 0.1) is 7.11 Å². The third-order valence-corrected chi connectivity index (χ3v) is 6.34. The van der Waals surface area contributed by atoms with Crippen LogP contribution >= 0.6 is 0 Å². The van der Waals surface area contributed by atoms with Crippen LogP contribution in [0.1, 0.15) is 31.2 Å². The molecule has 2 aliphatic heterocycles. The molecule has 0 aromatic heterocycles. The number of nitrogens with zero attached hydrogens (tertiary/aromatic N) is 3. The fraction of sp³-hybridized carbons (Fsp3) is 0.652. The Balaban J connectivity index is 1.57. The van der Waals surface area contributed by atoms with E-state index in [-0.39, 0.29) is 23.8 Å². The largest absolute Gasteiger partial charge is 0.497 e. The summed E-state index contributed by atoms with van der Waals surface area (Å²) in [6, 6.07) is 8.24. The first kappa shape index (κ1) is 22.6. The number of rotatable bonds is 5. The normalized spacial score (nSPS) is 24.2. The minimum Gasteiger partial charge on any atom is -0.497 e. The quantitative estimate of drug-likeness (QED) is 0.790. The third kappa shape index (κ3) is 6.19. The second-order valence-electron chi connectivity index (χ2n) is 8.66. The lowest BCUT2D eigenvalue weighted by atomic mass is 9.95. The first-order valence-corrected chi connectivity index (χ1v) is 11.0. The van der Waals surface area contributed by atoms with E-state index in [1.165, 1.54) is 0 Å². The average molecular weight is 417 g/mol. The summed E-state index contributed by atoms with van der Waals surface area (Å²) in [4.78, 5) is 31.8. The number of hydrogen-bond donors (Lipinski definition) is 1. The third-order valence-electron chi connectivity index (χ3n) is 6.34. The molecule has 0 bridgehead atoms. The summed E-state index contributed by atoms with van der Waals surface area (Å²) in [7, 11) is 5.61. The Morgan fingerprint density at radius 1 is 1.17 bits per heavy atom. The van der Waals surface area contributed by atoms with Gasteiger partial charge < -0.3 is 24.8 Å². The number of carbonyl (C=O) groups is 2. The maximum Gasteiger partial charge on any atom is 0.226 e. The maximum atomic E-state index is 13.1. The van der Waals surface area contributed by atoms with Crippen molar-refractivity contribution in [1.29, 1.82) is 0 Å². The molecule has 0 spiro atoms. The molecular weight excluding hydrogens is 380 g/mol. The standard InChI is InChI=1S/C23H36N4O3/c1-25-10-12-27(13-11-25)23(29)19-7-5-8-20(17-26(2)22(28)15-19)24-16-18-6-4-9-21(14-18)30-3/h4,6,9,14,19-20,24H,5,7-8,10-13,15-17H2,1-3H3. The van der Waals surface area contributed by atoms with Crippen molar-refractivity contribution < 1.29 is 14.3 Å². The minimum absolute atomic E-state index is 0.0672. The molecular formula is C23H36N4O3. The van der Waals surface area contributed by atoms with Gasteiger partial charge >= 0.3 is 0 Å². The molecule has 1 N–H and O–H groups in total. The molecule has 166 valence electrons. The van der Waals surface area contributed by atoms with Gasteiger partial charge in [-0.3, -0.25) is 9.59 Å². The predicted molar refractivity (Wildman–Crippen MR) is 117 cm³/mol. The van der Waals surface area contributed by atoms with Crippen molar-refractivity contribution in [2.75, 3.05) is 53.9 Å². The number of piperazine rings is 1. The first-order chi connectivity index (χ1) is 14.5. The van der Waals surface area contributed by atoms with Gasteiger partial charge in [-0.2, -0.15) is 0 Å². The van der Waals surface area contributed by atoms with Crippen LogP contribution in [-0.4, -0.2) is 86.5 Å². The van der Waals surface area contributed by atoms with Crippen LogP contribution in [0.25, 0.3) is 0 Å². The molecule has 7 heteroatoms. The van der Waals surface area contributed by atoms with E-state index in [0.29, 0.717) is 13.0 Å². The van der Waals surface area contributed by atoms with Crippen LogP contribution in [-0.2, 0) is 16.1 Å². The molecule has 7 nitrogen and oxygen atoms in total. The second-order valence-corrected chi connectivity index (χ2v) is 8.66. The van der Waals surface area contributed by atoms with E-state index < -0.39 is 0 Å². The second kappa shape index (κ2) is 10.8. The Labute approximate surface area is 180 Å². The van der Waals surface area contributed by atoms with Crippen molar-refractivity contribution in [3.05, 3.63) is 29.8 Å². The van der Waals surface area contributed by atoms with Crippen molar-refractivity contribution >= 4 is 11.8 Å². The molecule has 0 aliphatic carbocycles. The van der Waals surface area contributed by atoms with E-state index >= 15 is 0 Å². The highest BCUT2D eigenvalue weighted by molar-refractivity contribution is 5.86. The van der Waals surface area contributed by atoms with E-state index in [1.807, 2.05) is 30.1 Å². The summed E-state index contributed by atoms with van der Waals surface area (Å²) < 4.78 is 5.30. The van der Waals surface area contributed by atoms with Gasteiger partial charge in [0.25, 0.3) is 0 Å². The number of nitrogens with one attached hydrogen (secondary N) is 1. The van der Waals surface area contributed by atoms with E-state index in [9.17, 15) is 9.59 Å². The molecule has 2 aliphatic rings. The summed E-state index contributed by atoms with van der Waals surface area (Å²) in [6.07, 6.45) is 3.00. The summed E-state index contributed by atoms with van der Waals surface area (Å²) in [5, 5.41) is 3.60. The summed E-state index contributed by atoms with van der Waals surface area (Å²) in [5.41, 5.74) is 1.16. The van der Waals surface area contributed by atoms with Crippen LogP contribution in [0.15, 0.2) is 24.3 Å². The van der Waals surface area contributed by atoms with E-state index in [4.69, 9.17) is 4.74 Å². The number of carbonyl (C=O) groups excluding carboxylic acids is 2. The number of hydrogen-bond acceptors (Lipinski definition) is 5. The van der Waals surface area contributed by atoms with E-state index in [1.54, 1.807) is 12.0 Å². The predicted octanol–water partition coefficient (Wildman–Crippen LogP) is 1.58. The molecule has 2 fully saturated rings. The Bertz CT molecular complexity index is 718. The minimum atomic E-state index is -0.194. The van der Waals surface area contributed by atoms with Crippen LogP contribution < -0.4 is 10.1 Å². The zero-order valence-electron chi connectivity index (χ0n) is 18.6. The van der Waals surface area contributed by atoms with Gasteiger partial charge in [0.2, 0.25) is 11.8 Å². The van der Waals surface area contributed by atoms with Gasteiger partial charge in [-0.1, -0.05) is 18.6 Å². The van der Waals surface area contributed by atoms with Crippen molar-refractivity contribution in [3.63, 3.8) is 0 Å². The van der Waals surface area contributed by atoms with Gasteiger partial charge in [0.15, 0.2) is 0 Å². The van der Waals surface area contributed by atoms with Gasteiger partial charge in [0, 0.05) is 64.7 Å². The molecule has 2 atom stereocenters. The van der Waals surface area contributed by atoms with E-state index in [2.05, 4.69) is 23.3 Å². The summed E-state index contributed by atoms with van der Waals surface area (Å²) in [6.45, 7) is 4.73. The van der Waals surface area contributed by atoms with Crippen molar-refractivity contribution in [3.8, 4) is 5.75 Å². The van der Waals surface area contributed by atoms with Crippen LogP contribution in [0.5, 0.6) is 5.75 Å². The van der Waals surface area contributed by atoms with Crippen LogP contribution in [0, 0.1) is 5.92 Å². The van der Waals surface area contributed by atoms with E-state index in [0.717, 1.165) is 63.3 Å². The highest BCUT2D eigenvalue weighted by atomic mass is 16.5. The van der Waals surface area contributed by atoms with Crippen LogP contribution in [0.4, 0.5) is 0 Å². The van der Waals surface area contributed by atoms with Crippen molar-refractivity contribution in [2.45, 2.75) is 38.3 Å². The Kier molecular flexibility index (Phi) is 8.10. The Morgan fingerprint density at radius 3 is 2.67 bits per heavy atom. The molecule has 30 heavy (non-hydrogen) atoms. The molecule has 3 rings (SSSR count). The summed E-state index contributed by atoms with van der Waals surface area (Å²) >= 11 is 0. The number of likely N-dealkylation sites (N-methyl/N-ethyl adjacent to an activating group) is 2. The summed E-state index contributed by atoms with van der Waals surface area (Å²) in [5.74, 6) is 0.881. The lowest BCUT2D eigenvalue weighted by Crippen LogP contribution is -2.49. The van der Waals surface area contributed by atoms with Gasteiger partial charge in [-0.25, -0.2) is 0 Å². The lowest BCUT2D eigenvalue weighted by Gasteiger charge is -2.34. The zero-order valence-corrected chi connectivity index (χ0v) is 18.6. The van der Waals surface area contributed by atoms with Crippen LogP contribution in [0.3, 0.4) is 0 Å². The molecule has 1 aromatic rings. The van der Waals surface area contributed by atoms with Gasteiger partial charge in [-0.15, -0.1) is 0 Å². The number of ether oxygens (including phenoxy) is 1. The maximum absolute atomic E-state index is 13.1. The van der Waals surface area contributed by atoms with Gasteiger partial charge in [0.1, 0.15) is 5.75 Å². The Hall–Kier alpha value is -2.12. The molecule has 2 heterocycles. The number of methoxy groups -OCH3 is 1. The molecule has 2 saturated heterocycles. The number of benzene rings is 1. The van der Waals surface area contributed by atoms with Crippen LogP contribution in [0.2, 0.25) is 0 Å². The van der Waals surface area contributed by atoms with Gasteiger partial charge in [-0.05, 0) is 37.6 Å². The zero-order chi connectivity index (χ0) is 21.5. The smallest absolute Gasteiger partial charge is 0.226 e. The monoisotopic (exact) mass is 416 g/mol. The first-order valence-electron chi connectivity index (χ1n) is 11.0. The molecule has 1 aromatic carbocycles. The fourth-order valence-electron chi connectivity index (χ4n) is 4.31. The van der Waals surface area contributed by atoms with Crippen molar-refractivity contribution in [2.24, 2.45) is 5.92 Å². The Morgan fingerprint density at radius 2 is 1.93 bits per heavy atom. The molecule has 0 radical (unpaired) electrons. The highest BCUT2D eigenvalue weighted by Gasteiger charge is 2.31. The SMILES string of the molecule is COc1cccc(CNC2CCCC(C(=O)N3CCN(C)CC3)CC(=O)N(C)C2)c1. The number of amides is 2. The topological polar surface area (TPSA) is 65.1 Å². The molecule has 0 saturated carbocycles. The highest BCUT2D eigenvalue weighted by Crippen LogP contribution is 2.22.